The van der Waals surface area contributed by atoms with E-state index >= 15 is 0 Å². The molecule has 1 aromatic carbocycles. The average molecular weight is 259 g/mol. The monoisotopic (exact) mass is 259 g/mol. The van der Waals surface area contributed by atoms with Crippen molar-refractivity contribution in [3.05, 3.63) is 40.3 Å². The second kappa shape index (κ2) is 6.22. The molecule has 6 heteroatoms. The quantitative estimate of drug-likeness (QED) is 0.499. The minimum atomic E-state index is 0.0970. The molecule has 0 saturated carbocycles. The Labute approximate surface area is 112 Å². The maximum absolute atomic E-state index is 12.0. The lowest BCUT2D eigenvalue weighted by Crippen LogP contribution is -2.25. The molecule has 1 unspecified atom stereocenters. The number of nitrogens with one attached hydrogen (secondary N) is 1. The zero-order valence-electron chi connectivity index (χ0n) is 10.9. The predicted molar refractivity (Wildman–Crippen MR) is 73.7 cm³/mol. The Morgan fingerprint density at radius 2 is 2.42 bits per heavy atom. The Hall–Kier alpha value is -2.04. The average Bonchev–Trinajstić information content (AvgIpc) is 2.78. The van der Waals surface area contributed by atoms with Crippen LogP contribution in [0.4, 0.5) is 5.69 Å². The molecule has 0 aliphatic carbocycles. The summed E-state index contributed by atoms with van der Waals surface area (Å²) in [4.78, 5) is 16.5. The summed E-state index contributed by atoms with van der Waals surface area (Å²) in [5, 5.41) is 6.65. The lowest BCUT2D eigenvalue weighted by Gasteiger charge is -2.17. The van der Waals surface area contributed by atoms with Crippen molar-refractivity contribution < 1.29 is 4.79 Å². The highest BCUT2D eigenvalue weighted by atomic mass is 16.2. The molecule has 0 bridgehead atoms. The number of rotatable bonds is 5. The third-order valence-corrected chi connectivity index (χ3v) is 3.21. The summed E-state index contributed by atoms with van der Waals surface area (Å²) in [7, 11) is 1.89. The zero-order chi connectivity index (χ0) is 13.7. The van der Waals surface area contributed by atoms with Gasteiger partial charge >= 0.3 is 0 Å². The summed E-state index contributed by atoms with van der Waals surface area (Å²) in [5.74, 6) is 0.219. The standard InChI is InChI=1S/C13H17N5O/c1-15-7-10-3-2-4-12(5-10)18-9-11(6-13(18)19)8-16-17-14/h2-5,11,15H,6-9H2,1H3. The first kappa shape index (κ1) is 13.4. The molecule has 1 N–H and O–H groups in total. The van der Waals surface area contributed by atoms with Crippen LogP contribution < -0.4 is 10.2 Å². The van der Waals surface area contributed by atoms with Crippen molar-refractivity contribution in [3.63, 3.8) is 0 Å². The predicted octanol–water partition coefficient (Wildman–Crippen LogP) is 2.07. The summed E-state index contributed by atoms with van der Waals surface area (Å²) in [6, 6.07) is 7.94. The van der Waals surface area contributed by atoms with Gasteiger partial charge in [0.1, 0.15) is 0 Å². The highest BCUT2D eigenvalue weighted by Gasteiger charge is 2.29. The van der Waals surface area contributed by atoms with E-state index in [1.165, 1.54) is 0 Å². The van der Waals surface area contributed by atoms with E-state index in [4.69, 9.17) is 5.53 Å². The second-order valence-electron chi connectivity index (χ2n) is 4.69. The van der Waals surface area contributed by atoms with Gasteiger partial charge in [0.25, 0.3) is 0 Å². The van der Waals surface area contributed by atoms with E-state index in [2.05, 4.69) is 15.3 Å². The molecule has 1 fully saturated rings. The molecule has 0 radical (unpaired) electrons. The van der Waals surface area contributed by atoms with Crippen molar-refractivity contribution in [2.24, 2.45) is 11.0 Å². The first-order valence-electron chi connectivity index (χ1n) is 6.29. The molecule has 1 heterocycles. The SMILES string of the molecule is CNCc1cccc(N2CC(CN=[N+]=[N-])CC2=O)c1. The third kappa shape index (κ3) is 3.24. The summed E-state index contributed by atoms with van der Waals surface area (Å²) < 4.78 is 0. The molecule has 6 nitrogen and oxygen atoms in total. The number of carbonyl (C=O) groups is 1. The van der Waals surface area contributed by atoms with Crippen molar-refractivity contribution >= 4 is 11.6 Å². The van der Waals surface area contributed by atoms with Crippen LogP contribution in [0.15, 0.2) is 29.4 Å². The van der Waals surface area contributed by atoms with Crippen LogP contribution in [-0.4, -0.2) is 26.0 Å². The van der Waals surface area contributed by atoms with Crippen LogP contribution in [-0.2, 0) is 11.3 Å². The fourth-order valence-electron chi connectivity index (χ4n) is 2.34. The minimum Gasteiger partial charge on any atom is -0.316 e. The molecule has 0 spiro atoms. The smallest absolute Gasteiger partial charge is 0.227 e. The van der Waals surface area contributed by atoms with Crippen LogP contribution in [0.1, 0.15) is 12.0 Å². The molecule has 1 atom stereocenters. The van der Waals surface area contributed by atoms with Gasteiger partial charge in [-0.05, 0) is 36.2 Å². The van der Waals surface area contributed by atoms with Crippen LogP contribution in [0.2, 0.25) is 0 Å². The summed E-state index contributed by atoms with van der Waals surface area (Å²) in [6.07, 6.45) is 0.454. The van der Waals surface area contributed by atoms with E-state index in [0.717, 1.165) is 17.8 Å². The Morgan fingerprint density at radius 1 is 1.58 bits per heavy atom. The number of amides is 1. The molecule has 1 aliphatic rings. The van der Waals surface area contributed by atoms with Crippen LogP contribution in [0.5, 0.6) is 0 Å². The lowest BCUT2D eigenvalue weighted by atomic mass is 10.1. The molecule has 1 aromatic rings. The Balaban J connectivity index is 2.11. The van der Waals surface area contributed by atoms with Crippen molar-refractivity contribution in [1.29, 1.82) is 0 Å². The van der Waals surface area contributed by atoms with E-state index in [0.29, 0.717) is 19.5 Å². The molecular formula is C13H17N5O. The number of hydrogen-bond acceptors (Lipinski definition) is 3. The summed E-state index contributed by atoms with van der Waals surface area (Å²) in [5.41, 5.74) is 10.4. The largest absolute Gasteiger partial charge is 0.316 e. The van der Waals surface area contributed by atoms with Crippen LogP contribution in [0, 0.1) is 5.92 Å². The highest BCUT2D eigenvalue weighted by Crippen LogP contribution is 2.26. The van der Waals surface area contributed by atoms with Gasteiger partial charge in [0.15, 0.2) is 0 Å². The lowest BCUT2D eigenvalue weighted by molar-refractivity contribution is -0.117. The molecule has 0 aromatic heterocycles. The van der Waals surface area contributed by atoms with Gasteiger partial charge < -0.3 is 10.2 Å². The zero-order valence-corrected chi connectivity index (χ0v) is 10.9. The maximum atomic E-state index is 12.0. The van der Waals surface area contributed by atoms with E-state index in [1.54, 1.807) is 4.90 Å². The Kier molecular flexibility index (Phi) is 4.39. The fraction of sp³-hybridized carbons (Fsp3) is 0.462. The number of azide groups is 1. The molecule has 1 aliphatic heterocycles. The number of benzene rings is 1. The van der Waals surface area contributed by atoms with Crippen molar-refractivity contribution in [2.75, 3.05) is 25.0 Å². The van der Waals surface area contributed by atoms with E-state index < -0.39 is 0 Å². The third-order valence-electron chi connectivity index (χ3n) is 3.21. The topological polar surface area (TPSA) is 81.1 Å². The Morgan fingerprint density at radius 3 is 3.16 bits per heavy atom. The normalized spacial score (nSPS) is 18.5. The molecule has 2 rings (SSSR count). The van der Waals surface area contributed by atoms with Gasteiger partial charge in [-0.25, -0.2) is 0 Å². The second-order valence-corrected chi connectivity index (χ2v) is 4.69. The Bertz CT molecular complexity index is 510. The molecule has 1 amide bonds. The first-order valence-corrected chi connectivity index (χ1v) is 6.29. The van der Waals surface area contributed by atoms with Crippen LogP contribution in [0.3, 0.4) is 0 Å². The van der Waals surface area contributed by atoms with E-state index in [-0.39, 0.29) is 11.8 Å². The van der Waals surface area contributed by atoms with Gasteiger partial charge in [-0.3, -0.25) is 4.79 Å². The van der Waals surface area contributed by atoms with Gasteiger partial charge in [0, 0.05) is 36.7 Å². The number of hydrogen-bond donors (Lipinski definition) is 1. The molecule has 1 saturated heterocycles. The number of carbonyl (C=O) groups excluding carboxylic acids is 1. The van der Waals surface area contributed by atoms with Crippen molar-refractivity contribution in [1.82, 2.24) is 5.32 Å². The molecule has 100 valence electrons. The molecular weight excluding hydrogens is 242 g/mol. The summed E-state index contributed by atoms with van der Waals surface area (Å²) in [6.45, 7) is 1.79. The molecule has 19 heavy (non-hydrogen) atoms. The number of nitrogens with zero attached hydrogens (tertiary/aromatic N) is 4. The minimum absolute atomic E-state index is 0.0970. The highest BCUT2D eigenvalue weighted by molar-refractivity contribution is 5.95. The summed E-state index contributed by atoms with van der Waals surface area (Å²) >= 11 is 0. The van der Waals surface area contributed by atoms with Gasteiger partial charge in [-0.15, -0.1) is 0 Å². The van der Waals surface area contributed by atoms with Gasteiger partial charge in [0.05, 0.1) is 0 Å². The van der Waals surface area contributed by atoms with Crippen LogP contribution >= 0.6 is 0 Å². The van der Waals surface area contributed by atoms with Crippen molar-refractivity contribution in [2.45, 2.75) is 13.0 Å². The van der Waals surface area contributed by atoms with Gasteiger partial charge in [-0.1, -0.05) is 17.2 Å². The van der Waals surface area contributed by atoms with Crippen LogP contribution in [0.25, 0.3) is 10.4 Å². The van der Waals surface area contributed by atoms with E-state index in [9.17, 15) is 4.79 Å². The van der Waals surface area contributed by atoms with Gasteiger partial charge in [-0.2, -0.15) is 0 Å². The van der Waals surface area contributed by atoms with Gasteiger partial charge in [0.2, 0.25) is 5.91 Å². The van der Waals surface area contributed by atoms with Crippen molar-refractivity contribution in [3.8, 4) is 0 Å². The first-order chi connectivity index (χ1) is 9.24. The maximum Gasteiger partial charge on any atom is 0.227 e. The number of anilines is 1. The van der Waals surface area contributed by atoms with E-state index in [1.807, 2.05) is 31.3 Å². The fourth-order valence-corrected chi connectivity index (χ4v) is 2.34.